The number of hydrogen-bond donors (Lipinski definition) is 1. The van der Waals surface area contributed by atoms with Crippen molar-refractivity contribution in [1.82, 2.24) is 4.98 Å². The highest BCUT2D eigenvalue weighted by Crippen LogP contribution is 2.32. The number of nitrogens with zero attached hydrogens (tertiary/aromatic N) is 2. The van der Waals surface area contributed by atoms with Crippen molar-refractivity contribution in [2.75, 3.05) is 18.0 Å². The van der Waals surface area contributed by atoms with Crippen molar-refractivity contribution in [3.63, 3.8) is 0 Å². The highest BCUT2D eigenvalue weighted by molar-refractivity contribution is 6.01. The lowest BCUT2D eigenvalue weighted by Gasteiger charge is -2.24. The van der Waals surface area contributed by atoms with Gasteiger partial charge in [-0.25, -0.2) is 14.2 Å². The Hall–Kier alpha value is -2.95. The van der Waals surface area contributed by atoms with Gasteiger partial charge in [-0.05, 0) is 19.1 Å². The van der Waals surface area contributed by atoms with Crippen molar-refractivity contribution >= 4 is 11.8 Å². The van der Waals surface area contributed by atoms with Gasteiger partial charge in [0.25, 0.3) is 0 Å². The fourth-order valence-electron chi connectivity index (χ4n) is 2.55. The van der Waals surface area contributed by atoms with Crippen LogP contribution in [0.3, 0.4) is 0 Å². The lowest BCUT2D eigenvalue weighted by atomic mass is 9.98. The molecule has 24 heavy (non-hydrogen) atoms. The summed E-state index contributed by atoms with van der Waals surface area (Å²) < 4.78 is 14.2. The second kappa shape index (κ2) is 7.55. The number of aryl methyl sites for hydroxylation is 1. The lowest BCUT2D eigenvalue weighted by molar-refractivity contribution is 0.0698. The third-order valence-electron chi connectivity index (χ3n) is 3.50. The molecule has 1 N–H and O–H groups in total. The van der Waals surface area contributed by atoms with E-state index >= 15 is 0 Å². The first kappa shape index (κ1) is 17.4. The quantitative estimate of drug-likeness (QED) is 0.779. The minimum absolute atomic E-state index is 0.0330. The first-order valence-electron chi connectivity index (χ1n) is 7.46. The number of pyridine rings is 1. The number of carbonyl (C=O) groups is 1. The molecule has 2 rings (SSSR count). The smallest absolute Gasteiger partial charge is 0.340 e. The molecule has 5 heteroatoms. The number of halogens is 1. The predicted octanol–water partition coefficient (Wildman–Crippen LogP) is 4.07. The van der Waals surface area contributed by atoms with E-state index in [1.807, 2.05) is 0 Å². The standard InChI is InChI=1S/C19H19FN2O2/c1-4-10-22(11-5-2)18-17(19(23)24)15(12-13(3)21-18)14-8-6-7-9-16(14)20/h4-9,12H,1-2,10-11H2,3H3,(H,23,24). The van der Waals surface area contributed by atoms with Crippen LogP contribution in [0.5, 0.6) is 0 Å². The molecule has 0 amide bonds. The van der Waals surface area contributed by atoms with Crippen LogP contribution in [0.1, 0.15) is 16.1 Å². The van der Waals surface area contributed by atoms with E-state index in [4.69, 9.17) is 0 Å². The van der Waals surface area contributed by atoms with Crippen LogP contribution < -0.4 is 4.90 Å². The van der Waals surface area contributed by atoms with Gasteiger partial charge in [-0.3, -0.25) is 0 Å². The Morgan fingerprint density at radius 1 is 1.25 bits per heavy atom. The first-order chi connectivity index (χ1) is 11.5. The van der Waals surface area contributed by atoms with E-state index in [1.54, 1.807) is 48.2 Å². The molecular formula is C19H19FN2O2. The highest BCUT2D eigenvalue weighted by Gasteiger charge is 2.23. The lowest BCUT2D eigenvalue weighted by Crippen LogP contribution is -2.27. The Morgan fingerprint density at radius 2 is 1.88 bits per heavy atom. The number of aromatic nitrogens is 1. The van der Waals surface area contributed by atoms with Crippen molar-refractivity contribution in [3.05, 3.63) is 72.7 Å². The summed E-state index contributed by atoms with van der Waals surface area (Å²) in [5.41, 5.74) is 1.11. The highest BCUT2D eigenvalue weighted by atomic mass is 19.1. The topological polar surface area (TPSA) is 53.4 Å². The second-order valence-corrected chi connectivity index (χ2v) is 5.28. The molecule has 0 spiro atoms. The van der Waals surface area contributed by atoms with Gasteiger partial charge in [0.05, 0.1) is 0 Å². The van der Waals surface area contributed by atoms with Crippen LogP contribution >= 0.6 is 0 Å². The molecular weight excluding hydrogens is 307 g/mol. The maximum absolute atomic E-state index is 14.2. The van der Waals surface area contributed by atoms with Crippen molar-refractivity contribution in [2.24, 2.45) is 0 Å². The molecule has 0 fully saturated rings. The van der Waals surface area contributed by atoms with Gasteiger partial charge < -0.3 is 10.0 Å². The summed E-state index contributed by atoms with van der Waals surface area (Å²) in [4.78, 5) is 18.0. The molecule has 0 saturated carbocycles. The Morgan fingerprint density at radius 3 is 2.42 bits per heavy atom. The summed E-state index contributed by atoms with van der Waals surface area (Å²) in [6.07, 6.45) is 3.31. The largest absolute Gasteiger partial charge is 0.478 e. The Bertz CT molecular complexity index is 777. The summed E-state index contributed by atoms with van der Waals surface area (Å²) in [6, 6.07) is 7.69. The average molecular weight is 326 g/mol. The van der Waals surface area contributed by atoms with Crippen LogP contribution in [-0.2, 0) is 0 Å². The summed E-state index contributed by atoms with van der Waals surface area (Å²) in [7, 11) is 0. The van der Waals surface area contributed by atoms with Crippen LogP contribution in [0.25, 0.3) is 11.1 Å². The van der Waals surface area contributed by atoms with Crippen LogP contribution in [-0.4, -0.2) is 29.1 Å². The minimum atomic E-state index is -1.16. The molecule has 0 aliphatic heterocycles. The fraction of sp³-hybridized carbons (Fsp3) is 0.158. The number of carboxylic acid groups (broad SMARTS) is 1. The third-order valence-corrected chi connectivity index (χ3v) is 3.50. The summed E-state index contributed by atoms with van der Waals surface area (Å²) in [5, 5.41) is 9.73. The molecule has 0 unspecified atom stereocenters. The molecule has 0 atom stereocenters. The van der Waals surface area contributed by atoms with Gasteiger partial charge in [-0.1, -0.05) is 30.4 Å². The molecule has 0 aliphatic carbocycles. The molecule has 0 radical (unpaired) electrons. The molecule has 1 aromatic carbocycles. The zero-order valence-electron chi connectivity index (χ0n) is 13.5. The van der Waals surface area contributed by atoms with Crippen LogP contribution in [0.15, 0.2) is 55.6 Å². The number of anilines is 1. The number of benzene rings is 1. The maximum atomic E-state index is 14.2. The Kier molecular flexibility index (Phi) is 5.47. The van der Waals surface area contributed by atoms with E-state index in [2.05, 4.69) is 18.1 Å². The molecule has 0 saturated heterocycles. The minimum Gasteiger partial charge on any atom is -0.478 e. The molecule has 0 aliphatic rings. The molecule has 1 aromatic heterocycles. The Labute approximate surface area is 140 Å². The first-order valence-corrected chi connectivity index (χ1v) is 7.46. The molecule has 4 nitrogen and oxygen atoms in total. The van der Waals surface area contributed by atoms with E-state index < -0.39 is 11.8 Å². The third kappa shape index (κ3) is 3.51. The van der Waals surface area contributed by atoms with Crippen molar-refractivity contribution in [3.8, 4) is 11.1 Å². The Balaban J connectivity index is 2.77. The van der Waals surface area contributed by atoms with Crippen molar-refractivity contribution in [1.29, 1.82) is 0 Å². The number of carboxylic acids is 1. The summed E-state index contributed by atoms with van der Waals surface area (Å²) >= 11 is 0. The van der Waals surface area contributed by atoms with E-state index in [9.17, 15) is 14.3 Å². The number of aromatic carboxylic acids is 1. The summed E-state index contributed by atoms with van der Waals surface area (Å²) in [5.74, 6) is -1.36. The van der Waals surface area contributed by atoms with Crippen molar-refractivity contribution in [2.45, 2.75) is 6.92 Å². The van der Waals surface area contributed by atoms with E-state index in [0.29, 0.717) is 24.3 Å². The van der Waals surface area contributed by atoms with Gasteiger partial charge in [0.2, 0.25) is 0 Å². The van der Waals surface area contributed by atoms with Crippen LogP contribution in [0.2, 0.25) is 0 Å². The number of rotatable bonds is 7. The maximum Gasteiger partial charge on any atom is 0.340 e. The predicted molar refractivity (Wildman–Crippen MR) is 93.9 cm³/mol. The second-order valence-electron chi connectivity index (χ2n) is 5.28. The normalized spacial score (nSPS) is 10.2. The van der Waals surface area contributed by atoms with Gasteiger partial charge in [-0.2, -0.15) is 0 Å². The van der Waals surface area contributed by atoms with E-state index in [-0.39, 0.29) is 16.9 Å². The molecule has 1 heterocycles. The SMILES string of the molecule is C=CCN(CC=C)c1nc(C)cc(-c2ccccc2F)c1C(=O)O. The zero-order chi connectivity index (χ0) is 17.7. The van der Waals surface area contributed by atoms with Gasteiger partial charge in [0, 0.05) is 29.9 Å². The van der Waals surface area contributed by atoms with Gasteiger partial charge in [-0.15, -0.1) is 13.2 Å². The average Bonchev–Trinajstić information content (AvgIpc) is 2.54. The number of hydrogen-bond acceptors (Lipinski definition) is 3. The monoisotopic (exact) mass is 326 g/mol. The van der Waals surface area contributed by atoms with Gasteiger partial charge >= 0.3 is 5.97 Å². The molecule has 2 aromatic rings. The van der Waals surface area contributed by atoms with Crippen LogP contribution in [0, 0.1) is 12.7 Å². The van der Waals surface area contributed by atoms with Crippen molar-refractivity contribution < 1.29 is 14.3 Å². The van der Waals surface area contributed by atoms with E-state index in [0.717, 1.165) is 0 Å². The fourth-order valence-corrected chi connectivity index (χ4v) is 2.55. The summed E-state index contributed by atoms with van der Waals surface area (Å²) in [6.45, 7) is 9.93. The molecule has 0 bridgehead atoms. The molecule has 124 valence electrons. The van der Waals surface area contributed by atoms with Crippen LogP contribution in [0.4, 0.5) is 10.2 Å². The van der Waals surface area contributed by atoms with Gasteiger partial charge in [0.15, 0.2) is 0 Å². The van der Waals surface area contributed by atoms with Gasteiger partial charge in [0.1, 0.15) is 17.2 Å². The van der Waals surface area contributed by atoms with E-state index in [1.165, 1.54) is 6.07 Å². The zero-order valence-corrected chi connectivity index (χ0v) is 13.5.